The molecule has 384 valence electrons. The number of carboxylic acid groups (broad SMARTS) is 3. The van der Waals surface area contributed by atoms with Crippen LogP contribution in [0.25, 0.3) is 32.8 Å². The van der Waals surface area contributed by atoms with Gasteiger partial charge in [0.05, 0.1) is 55.9 Å². The smallest absolute Gasteiger partial charge is 0.317 e. The number of hydrogen-bond donors (Lipinski definition) is 5. The second-order valence-corrected chi connectivity index (χ2v) is 18.6. The van der Waals surface area contributed by atoms with Gasteiger partial charge in [0.25, 0.3) is 11.8 Å². The van der Waals surface area contributed by atoms with E-state index in [1.807, 2.05) is 54.6 Å². The number of alkyl halides is 2. The quantitative estimate of drug-likeness (QED) is 0.0805. The minimum Gasteiger partial charge on any atom is -0.491 e. The Hall–Kier alpha value is -7.60. The summed E-state index contributed by atoms with van der Waals surface area (Å²) in [4.78, 5) is 85.8. The fourth-order valence-electron chi connectivity index (χ4n) is 9.39. The second kappa shape index (κ2) is 24.7. The number of nitriles is 1. The van der Waals surface area contributed by atoms with E-state index in [4.69, 9.17) is 4.74 Å². The molecular formula is C53H58F2N8O10. The van der Waals surface area contributed by atoms with Gasteiger partial charge in [0.2, 0.25) is 11.8 Å². The number of benzene rings is 4. The van der Waals surface area contributed by atoms with Crippen LogP contribution in [0.1, 0.15) is 41.6 Å². The number of nitrogens with one attached hydrogen (secondary N) is 2. The molecule has 18 nitrogen and oxygen atoms in total. The van der Waals surface area contributed by atoms with Crippen molar-refractivity contribution in [3.05, 3.63) is 108 Å². The third kappa shape index (κ3) is 15.4. The van der Waals surface area contributed by atoms with E-state index < -0.39 is 67.2 Å². The zero-order valence-electron chi connectivity index (χ0n) is 40.1. The molecule has 0 unspecified atom stereocenters. The number of hydrogen-bond acceptors (Lipinski definition) is 12. The van der Waals surface area contributed by atoms with Gasteiger partial charge >= 0.3 is 17.9 Å². The van der Waals surface area contributed by atoms with Gasteiger partial charge in [0, 0.05) is 50.6 Å². The molecule has 2 aliphatic heterocycles. The van der Waals surface area contributed by atoms with Crippen LogP contribution in [0, 0.1) is 17.2 Å². The van der Waals surface area contributed by atoms with Gasteiger partial charge in [-0.1, -0.05) is 60.7 Å². The van der Waals surface area contributed by atoms with E-state index in [0.717, 1.165) is 32.4 Å². The number of aromatic nitrogens is 1. The van der Waals surface area contributed by atoms with E-state index in [1.165, 1.54) is 12.3 Å². The maximum atomic E-state index is 14.1. The predicted molar refractivity (Wildman–Crippen MR) is 265 cm³/mol. The number of aliphatic carboxylic acids is 3. The highest BCUT2D eigenvalue weighted by atomic mass is 19.3. The van der Waals surface area contributed by atoms with Gasteiger partial charge in [-0.3, -0.25) is 48.5 Å². The number of ether oxygens (including phenoxy) is 1. The number of carbonyl (C=O) groups is 6. The number of rotatable bonds is 18. The van der Waals surface area contributed by atoms with Crippen LogP contribution in [-0.2, 0) is 30.4 Å². The molecule has 5 N–H and O–H groups in total. The molecule has 0 saturated carbocycles. The number of pyridine rings is 1. The zero-order valence-corrected chi connectivity index (χ0v) is 40.1. The molecule has 3 heterocycles. The lowest BCUT2D eigenvalue weighted by Gasteiger charge is -2.31. The number of carboxylic acids is 3. The van der Waals surface area contributed by atoms with E-state index in [9.17, 15) is 58.1 Å². The van der Waals surface area contributed by atoms with Gasteiger partial charge in [-0.2, -0.15) is 5.26 Å². The molecular weight excluding hydrogens is 947 g/mol. The Kier molecular flexibility index (Phi) is 18.0. The monoisotopic (exact) mass is 1000 g/mol. The van der Waals surface area contributed by atoms with Crippen molar-refractivity contribution in [2.45, 2.75) is 50.1 Å². The SMILES string of the molecule is N#C[C@@H]1CC(F)(F)CN1C(=O)CNC(=O)c1ccnc2ccc(-c3ccc(OC[C@H](Cc4ccc5ccccc5c4)NC(=O)CC4CCN(CC(=O)O)CCN(CC(=O)O)CCN(CC(=O)O)CC4)cc3)cc12. The third-order valence-electron chi connectivity index (χ3n) is 13.1. The normalized spacial score (nSPS) is 17.7. The Morgan fingerprint density at radius 3 is 2.01 bits per heavy atom. The number of nitrogens with zero attached hydrogens (tertiary/aromatic N) is 6. The molecule has 3 amide bonds. The minimum atomic E-state index is -3.19. The van der Waals surface area contributed by atoms with Crippen LogP contribution in [0.15, 0.2) is 97.2 Å². The van der Waals surface area contributed by atoms with Crippen molar-refractivity contribution in [2.24, 2.45) is 5.92 Å². The van der Waals surface area contributed by atoms with E-state index in [1.54, 1.807) is 45.0 Å². The maximum absolute atomic E-state index is 14.1. The molecule has 0 bridgehead atoms. The lowest BCUT2D eigenvalue weighted by Crippen LogP contribution is -2.45. The molecule has 0 spiro atoms. The molecule has 2 aliphatic rings. The van der Waals surface area contributed by atoms with Crippen molar-refractivity contribution < 1.29 is 57.6 Å². The number of likely N-dealkylation sites (tertiary alicyclic amines) is 1. The van der Waals surface area contributed by atoms with Crippen LogP contribution in [0.4, 0.5) is 8.78 Å². The Bertz CT molecular complexity index is 2810. The number of fused-ring (bicyclic) bond motifs is 2. The molecule has 2 atom stereocenters. The van der Waals surface area contributed by atoms with Gasteiger partial charge < -0.3 is 35.6 Å². The fourth-order valence-corrected chi connectivity index (χ4v) is 9.39. The van der Waals surface area contributed by atoms with Crippen LogP contribution in [0.3, 0.4) is 0 Å². The summed E-state index contributed by atoms with van der Waals surface area (Å²) in [5.41, 5.74) is 3.19. The molecule has 1 aromatic heterocycles. The summed E-state index contributed by atoms with van der Waals surface area (Å²) in [7, 11) is 0. The summed E-state index contributed by atoms with van der Waals surface area (Å²) in [6, 6.07) is 28.1. The average Bonchev–Trinajstić information content (AvgIpc) is 3.69. The molecule has 20 heteroatoms. The molecule has 0 radical (unpaired) electrons. The summed E-state index contributed by atoms with van der Waals surface area (Å²) in [6.07, 6.45) is 2.08. The first-order valence-electron chi connectivity index (χ1n) is 24.1. The van der Waals surface area contributed by atoms with Crippen molar-refractivity contribution >= 4 is 57.3 Å². The molecule has 0 aliphatic carbocycles. The summed E-state index contributed by atoms with van der Waals surface area (Å²) >= 11 is 0. The summed E-state index contributed by atoms with van der Waals surface area (Å²) in [6.45, 7) is -0.437. The summed E-state index contributed by atoms with van der Waals surface area (Å²) in [5, 5.41) is 46.4. The largest absolute Gasteiger partial charge is 0.491 e. The number of halogens is 2. The van der Waals surface area contributed by atoms with Gasteiger partial charge in [0.1, 0.15) is 18.4 Å². The van der Waals surface area contributed by atoms with Crippen molar-refractivity contribution in [1.29, 1.82) is 5.26 Å². The predicted octanol–water partition coefficient (Wildman–Crippen LogP) is 4.61. The highest BCUT2D eigenvalue weighted by molar-refractivity contribution is 6.07. The van der Waals surface area contributed by atoms with Gasteiger partial charge in [-0.25, -0.2) is 8.78 Å². The molecule has 73 heavy (non-hydrogen) atoms. The summed E-state index contributed by atoms with van der Waals surface area (Å²) < 4.78 is 34.3. The maximum Gasteiger partial charge on any atom is 0.317 e. The van der Waals surface area contributed by atoms with Crippen molar-refractivity contribution in [2.75, 3.05) is 78.6 Å². The molecule has 5 aromatic rings. The highest BCUT2D eigenvalue weighted by Crippen LogP contribution is 2.32. The summed E-state index contributed by atoms with van der Waals surface area (Å²) in [5.74, 6) is -7.69. The number of carbonyl (C=O) groups excluding carboxylic acids is 3. The zero-order chi connectivity index (χ0) is 52.1. The van der Waals surface area contributed by atoms with Crippen LogP contribution in [0.2, 0.25) is 0 Å². The van der Waals surface area contributed by atoms with Crippen molar-refractivity contribution in [3.63, 3.8) is 0 Å². The van der Waals surface area contributed by atoms with E-state index >= 15 is 0 Å². The van der Waals surface area contributed by atoms with Gasteiger partial charge in [-0.15, -0.1) is 0 Å². The first-order valence-corrected chi connectivity index (χ1v) is 24.1. The standard InChI is InChI=1S/C53H58F2N8O10/c54-53(55)27-42(28-56)63(34-53)48(65)29-58-52(72)44-13-16-57-46-12-9-40(26-45(44)46)38-7-10-43(11-8-38)73-33-41(24-36-5-6-37-3-1-2-4-39(37)23-36)59-47(64)25-35-14-17-60(30-49(66)67)19-21-62(32-51(70)71)22-20-61(18-15-35)31-50(68)69/h1-13,16,23,26,35,41-42H,14-15,17-22,24-25,27,29-34H2,(H,58,72)(H,59,64)(H,66,67)(H,68,69)(H,70,71)/t41-,42-/m0/s1. The Balaban J connectivity index is 1.04. The van der Waals surface area contributed by atoms with Crippen LogP contribution < -0.4 is 15.4 Å². The van der Waals surface area contributed by atoms with Crippen molar-refractivity contribution in [3.8, 4) is 22.9 Å². The van der Waals surface area contributed by atoms with Crippen molar-refractivity contribution in [1.82, 2.24) is 35.2 Å². The first kappa shape index (κ1) is 53.2. The third-order valence-corrected chi connectivity index (χ3v) is 13.1. The molecule has 2 fully saturated rings. The second-order valence-electron chi connectivity index (χ2n) is 18.6. The topological polar surface area (TPSA) is 246 Å². The molecule has 4 aromatic carbocycles. The molecule has 2 saturated heterocycles. The fraction of sp³-hybridized carbons (Fsp3) is 0.396. The van der Waals surface area contributed by atoms with E-state index in [2.05, 4.69) is 21.7 Å². The number of amides is 3. The van der Waals surface area contributed by atoms with Crippen LogP contribution in [0.5, 0.6) is 5.75 Å². The van der Waals surface area contributed by atoms with Crippen LogP contribution >= 0.6 is 0 Å². The van der Waals surface area contributed by atoms with Gasteiger partial charge in [-0.05, 0) is 96.1 Å². The highest BCUT2D eigenvalue weighted by Gasteiger charge is 2.47. The minimum absolute atomic E-state index is 0.0848. The Morgan fingerprint density at radius 2 is 1.38 bits per heavy atom. The first-order chi connectivity index (χ1) is 35.0. The van der Waals surface area contributed by atoms with Crippen LogP contribution in [-0.4, -0.2) is 172 Å². The lowest BCUT2D eigenvalue weighted by molar-refractivity contribution is -0.140. The van der Waals surface area contributed by atoms with E-state index in [-0.39, 0.29) is 76.2 Å². The van der Waals surface area contributed by atoms with E-state index in [0.29, 0.717) is 49.0 Å². The van der Waals surface area contributed by atoms with Gasteiger partial charge in [0.15, 0.2) is 0 Å². The Morgan fingerprint density at radius 1 is 0.767 bits per heavy atom. The molecule has 7 rings (SSSR count). The lowest BCUT2D eigenvalue weighted by atomic mass is 9.95. The average molecular weight is 1010 g/mol. The Labute approximate surface area is 420 Å².